The minimum absolute atomic E-state index is 0.245. The number of methoxy groups -OCH3 is 1. The summed E-state index contributed by atoms with van der Waals surface area (Å²) in [7, 11) is 1.67. The van der Waals surface area contributed by atoms with Crippen LogP contribution in [0.15, 0.2) is 54.7 Å². The number of amides is 1. The number of nitrogens with two attached hydrogens (primary N) is 1. The Balaban J connectivity index is 1.80. The van der Waals surface area contributed by atoms with Gasteiger partial charge < -0.3 is 21.1 Å². The van der Waals surface area contributed by atoms with Gasteiger partial charge in [-0.3, -0.25) is 9.78 Å². The minimum atomic E-state index is -0.245. The Morgan fingerprint density at radius 1 is 1.19 bits per heavy atom. The highest BCUT2D eigenvalue weighted by atomic mass is 32.2. The lowest BCUT2D eigenvalue weighted by Crippen LogP contribution is -2.14. The van der Waals surface area contributed by atoms with Crippen LogP contribution in [0.25, 0.3) is 15.8 Å². The van der Waals surface area contributed by atoms with Crippen LogP contribution in [0.2, 0.25) is 0 Å². The van der Waals surface area contributed by atoms with E-state index in [1.54, 1.807) is 25.1 Å². The third kappa shape index (κ3) is 5.77. The number of aromatic nitrogens is 1. The summed E-state index contributed by atoms with van der Waals surface area (Å²) in [5.41, 5.74) is 10.5. The molecular weight excluding hydrogens is 408 g/mol. The van der Waals surface area contributed by atoms with Gasteiger partial charge in [-0.1, -0.05) is 25.1 Å². The molecule has 0 aliphatic carbocycles. The van der Waals surface area contributed by atoms with Crippen molar-refractivity contribution < 1.29 is 9.53 Å². The van der Waals surface area contributed by atoms with Gasteiger partial charge in [0.05, 0.1) is 29.1 Å². The molecule has 3 aromatic rings. The SMILES string of the molecule is CC/C=C(\SC)c1ccc(N)c(NC(=O)c2cnc3cc(NCCOC)ccc3c2)c1. The summed E-state index contributed by atoms with van der Waals surface area (Å²) in [4.78, 5) is 18.5. The highest BCUT2D eigenvalue weighted by molar-refractivity contribution is 8.07. The number of carbonyl (C=O) groups excluding carboxylic acids is 1. The van der Waals surface area contributed by atoms with Gasteiger partial charge in [0.25, 0.3) is 5.91 Å². The van der Waals surface area contributed by atoms with Crippen molar-refractivity contribution in [3.8, 4) is 0 Å². The number of ether oxygens (including phenoxy) is 1. The van der Waals surface area contributed by atoms with Gasteiger partial charge in [0.2, 0.25) is 0 Å². The van der Waals surface area contributed by atoms with E-state index in [0.717, 1.165) is 33.5 Å². The van der Waals surface area contributed by atoms with Crippen LogP contribution in [0.4, 0.5) is 17.1 Å². The molecule has 0 unspecified atom stereocenters. The summed E-state index contributed by atoms with van der Waals surface area (Å²) >= 11 is 1.67. The van der Waals surface area contributed by atoms with Crippen molar-refractivity contribution in [3.05, 3.63) is 65.9 Å². The van der Waals surface area contributed by atoms with Gasteiger partial charge in [-0.2, -0.15) is 0 Å². The zero-order valence-electron chi connectivity index (χ0n) is 18.1. The van der Waals surface area contributed by atoms with E-state index in [4.69, 9.17) is 10.5 Å². The number of pyridine rings is 1. The first-order chi connectivity index (χ1) is 15.0. The Bertz CT molecular complexity index is 1100. The molecule has 0 saturated carbocycles. The smallest absolute Gasteiger partial charge is 0.257 e. The number of benzene rings is 2. The van der Waals surface area contributed by atoms with Gasteiger partial charge in [-0.15, -0.1) is 11.8 Å². The number of anilines is 3. The number of carbonyl (C=O) groups is 1. The molecule has 1 aromatic heterocycles. The fraction of sp³-hybridized carbons (Fsp3) is 0.250. The number of nitrogens with zero attached hydrogens (tertiary/aromatic N) is 1. The van der Waals surface area contributed by atoms with E-state index in [-0.39, 0.29) is 5.91 Å². The molecular formula is C24H28N4O2S. The molecule has 2 aromatic carbocycles. The molecule has 0 saturated heterocycles. The Morgan fingerprint density at radius 3 is 2.77 bits per heavy atom. The minimum Gasteiger partial charge on any atom is -0.397 e. The van der Waals surface area contributed by atoms with Crippen LogP contribution >= 0.6 is 11.8 Å². The number of thioether (sulfide) groups is 1. The summed E-state index contributed by atoms with van der Waals surface area (Å²) in [6.07, 6.45) is 6.72. The second-order valence-electron chi connectivity index (χ2n) is 6.99. The van der Waals surface area contributed by atoms with Gasteiger partial charge in [-0.05, 0) is 48.6 Å². The number of hydrogen-bond donors (Lipinski definition) is 3. The van der Waals surface area contributed by atoms with E-state index in [1.165, 1.54) is 0 Å². The first-order valence-corrected chi connectivity index (χ1v) is 11.4. The van der Waals surface area contributed by atoms with Crippen molar-refractivity contribution >= 4 is 50.5 Å². The van der Waals surface area contributed by atoms with E-state index >= 15 is 0 Å². The summed E-state index contributed by atoms with van der Waals surface area (Å²) in [5, 5.41) is 7.10. The molecule has 0 aliphatic heterocycles. The van der Waals surface area contributed by atoms with Crippen molar-refractivity contribution in [2.45, 2.75) is 13.3 Å². The fourth-order valence-electron chi connectivity index (χ4n) is 3.17. The Hall–Kier alpha value is -3.03. The molecule has 0 atom stereocenters. The lowest BCUT2D eigenvalue weighted by molar-refractivity contribution is 0.102. The summed E-state index contributed by atoms with van der Waals surface area (Å²) in [6, 6.07) is 13.4. The Morgan fingerprint density at radius 2 is 2.03 bits per heavy atom. The average Bonchev–Trinajstić information content (AvgIpc) is 2.78. The second-order valence-corrected chi connectivity index (χ2v) is 7.84. The van der Waals surface area contributed by atoms with Crippen LogP contribution < -0.4 is 16.4 Å². The number of allylic oxidation sites excluding steroid dienone is 1. The third-order valence-corrected chi connectivity index (χ3v) is 5.62. The highest BCUT2D eigenvalue weighted by Gasteiger charge is 2.12. The van der Waals surface area contributed by atoms with Gasteiger partial charge >= 0.3 is 0 Å². The van der Waals surface area contributed by atoms with Gasteiger partial charge in [0.15, 0.2) is 0 Å². The van der Waals surface area contributed by atoms with E-state index in [2.05, 4.69) is 28.6 Å². The average molecular weight is 437 g/mol. The zero-order valence-corrected chi connectivity index (χ0v) is 18.9. The van der Waals surface area contributed by atoms with Crippen LogP contribution in [0.5, 0.6) is 0 Å². The maximum absolute atomic E-state index is 12.9. The molecule has 1 amide bonds. The predicted octanol–water partition coefficient (Wildman–Crippen LogP) is 5.24. The summed E-state index contributed by atoms with van der Waals surface area (Å²) in [5.74, 6) is -0.245. The lowest BCUT2D eigenvalue weighted by atomic mass is 10.1. The molecule has 4 N–H and O–H groups in total. The summed E-state index contributed by atoms with van der Waals surface area (Å²) < 4.78 is 5.05. The maximum atomic E-state index is 12.9. The zero-order chi connectivity index (χ0) is 22.2. The van der Waals surface area contributed by atoms with E-state index in [1.807, 2.05) is 48.7 Å². The molecule has 1 heterocycles. The van der Waals surface area contributed by atoms with Crippen LogP contribution in [0.3, 0.4) is 0 Å². The number of fused-ring (bicyclic) bond motifs is 1. The first kappa shape index (κ1) is 22.7. The first-order valence-electron chi connectivity index (χ1n) is 10.1. The second kappa shape index (κ2) is 10.8. The van der Waals surface area contributed by atoms with Gasteiger partial charge in [-0.25, -0.2) is 0 Å². The normalized spacial score (nSPS) is 11.5. The van der Waals surface area contributed by atoms with Crippen molar-refractivity contribution in [3.63, 3.8) is 0 Å². The largest absolute Gasteiger partial charge is 0.397 e. The Kier molecular flexibility index (Phi) is 7.92. The Labute approximate surface area is 187 Å². The molecule has 0 fully saturated rings. The van der Waals surface area contributed by atoms with Crippen LogP contribution in [-0.4, -0.2) is 37.4 Å². The molecule has 0 spiro atoms. The van der Waals surface area contributed by atoms with Crippen molar-refractivity contribution in [1.29, 1.82) is 0 Å². The van der Waals surface area contributed by atoms with Gasteiger partial charge in [0.1, 0.15) is 0 Å². The number of nitrogen functional groups attached to an aromatic ring is 1. The number of rotatable bonds is 9. The third-order valence-electron chi connectivity index (χ3n) is 4.78. The number of hydrogen-bond acceptors (Lipinski definition) is 6. The topological polar surface area (TPSA) is 89.3 Å². The van der Waals surface area contributed by atoms with Crippen molar-refractivity contribution in [1.82, 2.24) is 4.98 Å². The molecule has 3 rings (SSSR count). The number of nitrogens with one attached hydrogen (secondary N) is 2. The molecule has 31 heavy (non-hydrogen) atoms. The standard InChI is InChI=1S/C24H28N4O2S/c1-4-5-23(31-3)17-7-9-20(25)22(13-17)28-24(29)18-12-16-6-8-19(26-10-11-30-2)14-21(16)27-15-18/h5-9,12-15,26H,4,10-11,25H2,1-3H3,(H,28,29)/b23-5-. The molecule has 0 radical (unpaired) electrons. The quantitative estimate of drug-likeness (QED) is 0.314. The highest BCUT2D eigenvalue weighted by Crippen LogP contribution is 2.30. The molecule has 162 valence electrons. The van der Waals surface area contributed by atoms with Crippen LogP contribution in [0, 0.1) is 0 Å². The molecule has 7 heteroatoms. The van der Waals surface area contributed by atoms with Crippen LogP contribution in [-0.2, 0) is 4.74 Å². The van der Waals surface area contributed by atoms with Gasteiger partial charge in [0, 0.05) is 35.8 Å². The van der Waals surface area contributed by atoms with E-state index in [9.17, 15) is 4.79 Å². The van der Waals surface area contributed by atoms with E-state index < -0.39 is 0 Å². The fourth-order valence-corrected chi connectivity index (χ4v) is 3.87. The molecule has 6 nitrogen and oxygen atoms in total. The van der Waals surface area contributed by atoms with Crippen LogP contribution in [0.1, 0.15) is 29.3 Å². The summed E-state index contributed by atoms with van der Waals surface area (Å²) in [6.45, 7) is 3.44. The monoisotopic (exact) mass is 436 g/mol. The molecule has 0 bridgehead atoms. The van der Waals surface area contributed by atoms with E-state index in [0.29, 0.717) is 30.1 Å². The molecule has 0 aliphatic rings. The predicted molar refractivity (Wildman–Crippen MR) is 133 cm³/mol. The maximum Gasteiger partial charge on any atom is 0.257 e. The van der Waals surface area contributed by atoms with Crippen molar-refractivity contribution in [2.75, 3.05) is 42.9 Å². The lowest BCUT2D eigenvalue weighted by Gasteiger charge is -2.12. The van der Waals surface area contributed by atoms with Crippen molar-refractivity contribution in [2.24, 2.45) is 0 Å².